The van der Waals surface area contributed by atoms with Crippen LogP contribution in [0.3, 0.4) is 0 Å². The molecule has 0 atom stereocenters. The molecule has 0 aliphatic heterocycles. The first-order valence-electron chi connectivity index (χ1n) is 3.97. The summed E-state index contributed by atoms with van der Waals surface area (Å²) in [4.78, 5) is 0. The number of hydrogen-bond acceptors (Lipinski definition) is 0. The summed E-state index contributed by atoms with van der Waals surface area (Å²) in [6.45, 7) is 5.62. The van der Waals surface area contributed by atoms with Crippen LogP contribution in [0.25, 0.3) is 0 Å². The normalized spacial score (nSPS) is 12.1. The average molecular weight is 148 g/mol. The number of rotatable bonds is 5. The Morgan fingerprint density at radius 3 is 2.36 bits per heavy atom. The zero-order valence-corrected chi connectivity index (χ0v) is 7.16. The van der Waals surface area contributed by atoms with E-state index >= 15 is 0 Å². The molecule has 0 fully saturated rings. The van der Waals surface area contributed by atoms with Crippen molar-refractivity contribution in [3.05, 3.63) is 49.1 Å². The smallest absolute Gasteiger partial charge is 0.0313 e. The molecular formula is C11H16. The Hall–Kier alpha value is -1.04. The zero-order valence-electron chi connectivity index (χ0n) is 7.16. The molecule has 0 heteroatoms. The summed E-state index contributed by atoms with van der Waals surface area (Å²) in [5, 5.41) is 0. The summed E-state index contributed by atoms with van der Waals surface area (Å²) in [5.41, 5.74) is 0. The highest BCUT2D eigenvalue weighted by molar-refractivity contribution is 5.08. The lowest BCUT2D eigenvalue weighted by molar-refractivity contribution is 1.05. The molecule has 0 amide bonds. The molecular weight excluding hydrogens is 132 g/mol. The van der Waals surface area contributed by atoms with Crippen molar-refractivity contribution in [3.63, 3.8) is 0 Å². The quantitative estimate of drug-likeness (QED) is 0.317. The molecule has 0 N–H and O–H groups in total. The molecule has 0 nitrogen and oxygen atoms in total. The lowest BCUT2D eigenvalue weighted by atomic mass is 10.2. The molecule has 0 saturated heterocycles. The fraction of sp³-hybridized carbons (Fsp3) is 0.273. The van der Waals surface area contributed by atoms with Gasteiger partial charge < -0.3 is 0 Å². The summed E-state index contributed by atoms with van der Waals surface area (Å²) in [7, 11) is 0. The topological polar surface area (TPSA) is 0 Å². The van der Waals surface area contributed by atoms with Crippen LogP contribution in [0.2, 0.25) is 0 Å². The van der Waals surface area contributed by atoms with Crippen molar-refractivity contribution in [3.8, 4) is 0 Å². The Balaban J connectivity index is 3.29. The van der Waals surface area contributed by atoms with Crippen LogP contribution < -0.4 is 0 Å². The van der Waals surface area contributed by atoms with Crippen LogP contribution in [-0.4, -0.2) is 0 Å². The first kappa shape index (κ1) is 9.96. The molecule has 0 rings (SSSR count). The molecule has 0 aliphatic carbocycles. The predicted octanol–water partition coefficient (Wildman–Crippen LogP) is 3.64. The van der Waals surface area contributed by atoms with Crippen molar-refractivity contribution in [2.45, 2.75) is 19.8 Å². The summed E-state index contributed by atoms with van der Waals surface area (Å²) in [6.07, 6.45) is 16.4. The third-order valence-electron chi connectivity index (χ3n) is 1.23. The molecule has 0 aromatic carbocycles. The Kier molecular flexibility index (Phi) is 8.11. The van der Waals surface area contributed by atoms with Crippen molar-refractivity contribution in [2.24, 2.45) is 0 Å². The molecule has 60 valence electrons. The van der Waals surface area contributed by atoms with Gasteiger partial charge in [0.25, 0.3) is 0 Å². The van der Waals surface area contributed by atoms with E-state index in [0.717, 1.165) is 12.8 Å². The summed E-state index contributed by atoms with van der Waals surface area (Å²) in [5.74, 6) is 0. The molecule has 0 unspecified atom stereocenters. The SMILES string of the molecule is C=C/C=C/C=C\CCC=CC. The lowest BCUT2D eigenvalue weighted by Crippen LogP contribution is -1.62. The van der Waals surface area contributed by atoms with Crippen LogP contribution in [0.5, 0.6) is 0 Å². The van der Waals surface area contributed by atoms with Crippen LogP contribution in [0, 0.1) is 0 Å². The van der Waals surface area contributed by atoms with Crippen molar-refractivity contribution < 1.29 is 0 Å². The van der Waals surface area contributed by atoms with Crippen molar-refractivity contribution in [1.82, 2.24) is 0 Å². The molecule has 0 saturated carbocycles. The second-order valence-corrected chi connectivity index (χ2v) is 2.20. The van der Waals surface area contributed by atoms with Gasteiger partial charge in [0.1, 0.15) is 0 Å². The Morgan fingerprint density at radius 2 is 1.73 bits per heavy atom. The van der Waals surface area contributed by atoms with E-state index in [2.05, 4.69) is 24.8 Å². The van der Waals surface area contributed by atoms with E-state index in [-0.39, 0.29) is 0 Å². The molecule has 0 spiro atoms. The summed E-state index contributed by atoms with van der Waals surface area (Å²) >= 11 is 0. The van der Waals surface area contributed by atoms with E-state index in [1.165, 1.54) is 0 Å². The molecule has 11 heavy (non-hydrogen) atoms. The highest BCUT2D eigenvalue weighted by Crippen LogP contribution is 1.92. The maximum atomic E-state index is 3.58. The van der Waals surface area contributed by atoms with Gasteiger partial charge >= 0.3 is 0 Å². The number of hydrogen-bond donors (Lipinski definition) is 0. The van der Waals surface area contributed by atoms with Gasteiger partial charge in [-0.2, -0.15) is 0 Å². The van der Waals surface area contributed by atoms with Gasteiger partial charge in [-0.1, -0.05) is 49.1 Å². The van der Waals surface area contributed by atoms with Gasteiger partial charge in [-0.25, -0.2) is 0 Å². The first-order chi connectivity index (χ1) is 5.41. The molecule has 0 aliphatic rings. The van der Waals surface area contributed by atoms with Gasteiger partial charge in [-0.3, -0.25) is 0 Å². The van der Waals surface area contributed by atoms with Crippen molar-refractivity contribution >= 4 is 0 Å². The van der Waals surface area contributed by atoms with Gasteiger partial charge in [-0.05, 0) is 19.8 Å². The van der Waals surface area contributed by atoms with E-state index in [9.17, 15) is 0 Å². The first-order valence-corrected chi connectivity index (χ1v) is 3.97. The van der Waals surface area contributed by atoms with Crippen LogP contribution in [0.15, 0.2) is 49.1 Å². The van der Waals surface area contributed by atoms with Crippen LogP contribution in [-0.2, 0) is 0 Å². The van der Waals surface area contributed by atoms with Gasteiger partial charge in [0.15, 0.2) is 0 Å². The standard InChI is InChI=1S/C11H16/c1-3-5-7-9-11-10-8-6-4-2/h3-7,9,11H,1,8,10H2,2H3/b6-4?,7-5+,11-9-. The van der Waals surface area contributed by atoms with Crippen molar-refractivity contribution in [2.75, 3.05) is 0 Å². The monoisotopic (exact) mass is 148 g/mol. The fourth-order valence-electron chi connectivity index (χ4n) is 0.677. The Labute approximate surface area is 69.6 Å². The molecule has 0 heterocycles. The maximum Gasteiger partial charge on any atom is -0.0313 e. The van der Waals surface area contributed by atoms with Crippen LogP contribution in [0.1, 0.15) is 19.8 Å². The second kappa shape index (κ2) is 8.96. The van der Waals surface area contributed by atoms with Gasteiger partial charge in [-0.15, -0.1) is 0 Å². The molecule has 0 aromatic rings. The van der Waals surface area contributed by atoms with Crippen molar-refractivity contribution in [1.29, 1.82) is 0 Å². The molecule has 0 aromatic heterocycles. The maximum absolute atomic E-state index is 3.58. The van der Waals surface area contributed by atoms with E-state index in [0.29, 0.717) is 0 Å². The second-order valence-electron chi connectivity index (χ2n) is 2.20. The van der Waals surface area contributed by atoms with Gasteiger partial charge in [0.2, 0.25) is 0 Å². The van der Waals surface area contributed by atoms with Gasteiger partial charge in [0.05, 0.1) is 0 Å². The summed E-state index contributed by atoms with van der Waals surface area (Å²) < 4.78 is 0. The van der Waals surface area contributed by atoms with E-state index in [4.69, 9.17) is 0 Å². The third kappa shape index (κ3) is 8.96. The van der Waals surface area contributed by atoms with E-state index < -0.39 is 0 Å². The highest BCUT2D eigenvalue weighted by atomic mass is 13.8. The minimum atomic E-state index is 1.12. The highest BCUT2D eigenvalue weighted by Gasteiger charge is 1.72. The molecule has 0 bridgehead atoms. The minimum absolute atomic E-state index is 1.12. The zero-order chi connectivity index (χ0) is 8.36. The summed E-state index contributed by atoms with van der Waals surface area (Å²) in [6, 6.07) is 0. The van der Waals surface area contributed by atoms with Crippen LogP contribution >= 0.6 is 0 Å². The molecule has 0 radical (unpaired) electrons. The Bertz CT molecular complexity index is 159. The number of unbranched alkanes of at least 4 members (excludes halogenated alkanes) is 1. The minimum Gasteiger partial charge on any atom is -0.0991 e. The fourth-order valence-corrected chi connectivity index (χ4v) is 0.677. The largest absolute Gasteiger partial charge is 0.0991 e. The lowest BCUT2D eigenvalue weighted by Gasteiger charge is -1.82. The third-order valence-corrected chi connectivity index (χ3v) is 1.23. The number of allylic oxidation sites excluding steroid dienone is 7. The van der Waals surface area contributed by atoms with E-state index in [1.54, 1.807) is 6.08 Å². The predicted molar refractivity (Wildman–Crippen MR) is 52.5 cm³/mol. The Morgan fingerprint density at radius 1 is 1.00 bits per heavy atom. The van der Waals surface area contributed by atoms with Crippen LogP contribution in [0.4, 0.5) is 0 Å². The van der Waals surface area contributed by atoms with Gasteiger partial charge in [0, 0.05) is 0 Å². The van der Waals surface area contributed by atoms with E-state index in [1.807, 2.05) is 25.2 Å². The average Bonchev–Trinajstić information content (AvgIpc) is 2.03.